The Balaban J connectivity index is 1.89. The minimum atomic E-state index is -1.08. The number of carboxylic acid groups (broad SMARTS) is 1. The van der Waals surface area contributed by atoms with Gasteiger partial charge >= 0.3 is 5.97 Å². The Morgan fingerprint density at radius 2 is 1.93 bits per heavy atom. The third-order valence-electron chi connectivity index (χ3n) is 4.07. The van der Waals surface area contributed by atoms with Gasteiger partial charge in [-0.3, -0.25) is 9.59 Å². The zero-order valence-electron chi connectivity index (χ0n) is 15.0. The van der Waals surface area contributed by atoms with E-state index >= 15 is 0 Å². The molecule has 1 N–H and O–H groups in total. The number of benzene rings is 1. The lowest BCUT2D eigenvalue weighted by Crippen LogP contribution is -2.35. The number of carbonyl (C=O) groups excluding carboxylic acids is 1. The topological polar surface area (TPSA) is 88.3 Å². The van der Waals surface area contributed by atoms with E-state index in [2.05, 4.69) is 10.1 Å². The van der Waals surface area contributed by atoms with Crippen molar-refractivity contribution in [2.24, 2.45) is 0 Å². The van der Waals surface area contributed by atoms with Gasteiger partial charge in [-0.1, -0.05) is 23.7 Å². The van der Waals surface area contributed by atoms with Crippen LogP contribution < -0.4 is 0 Å². The predicted octanol–water partition coefficient (Wildman–Crippen LogP) is 3.39. The number of aromatic nitrogens is 3. The molecule has 1 aromatic carbocycles. The average Bonchev–Trinajstić information content (AvgIpc) is 3.05. The Kier molecular flexibility index (Phi) is 5.41. The molecule has 0 aliphatic rings. The fourth-order valence-electron chi connectivity index (χ4n) is 2.79. The van der Waals surface area contributed by atoms with Crippen molar-refractivity contribution in [1.82, 2.24) is 19.7 Å². The summed E-state index contributed by atoms with van der Waals surface area (Å²) in [6.45, 7) is 3.73. The van der Waals surface area contributed by atoms with Gasteiger partial charge < -0.3 is 10.0 Å². The molecule has 0 spiro atoms. The summed E-state index contributed by atoms with van der Waals surface area (Å²) in [5, 5.41) is 14.8. The summed E-state index contributed by atoms with van der Waals surface area (Å²) in [7, 11) is 0. The summed E-state index contributed by atoms with van der Waals surface area (Å²) in [4.78, 5) is 29.8. The molecule has 0 aliphatic carbocycles. The molecule has 0 saturated carbocycles. The summed E-state index contributed by atoms with van der Waals surface area (Å²) < 4.78 is 1.77. The number of fused-ring (bicyclic) bond motifs is 1. The lowest BCUT2D eigenvalue weighted by molar-refractivity contribution is -0.137. The van der Waals surface area contributed by atoms with E-state index in [-0.39, 0.29) is 12.6 Å². The minimum Gasteiger partial charge on any atom is -0.480 e. The van der Waals surface area contributed by atoms with Crippen LogP contribution in [0, 0.1) is 0 Å². The number of pyridine rings is 1. The Morgan fingerprint density at radius 3 is 2.56 bits per heavy atom. The second-order valence-corrected chi connectivity index (χ2v) is 6.94. The second-order valence-electron chi connectivity index (χ2n) is 6.50. The van der Waals surface area contributed by atoms with Crippen molar-refractivity contribution in [3.63, 3.8) is 0 Å². The van der Waals surface area contributed by atoms with Crippen molar-refractivity contribution in [3.05, 3.63) is 58.9 Å². The van der Waals surface area contributed by atoms with Crippen molar-refractivity contribution >= 4 is 34.5 Å². The quantitative estimate of drug-likeness (QED) is 0.701. The molecule has 1 amide bonds. The zero-order valence-corrected chi connectivity index (χ0v) is 15.7. The fourth-order valence-corrected chi connectivity index (χ4v) is 2.92. The third-order valence-corrected chi connectivity index (χ3v) is 4.32. The molecule has 0 atom stereocenters. The summed E-state index contributed by atoms with van der Waals surface area (Å²) in [5.41, 5.74) is 1.79. The largest absolute Gasteiger partial charge is 0.480 e. The van der Waals surface area contributed by atoms with E-state index in [9.17, 15) is 14.7 Å². The Morgan fingerprint density at radius 1 is 1.22 bits per heavy atom. The highest BCUT2D eigenvalue weighted by molar-refractivity contribution is 6.30. The summed E-state index contributed by atoms with van der Waals surface area (Å²) in [6, 6.07) is 8.76. The van der Waals surface area contributed by atoms with Crippen LogP contribution in [0.1, 0.15) is 35.8 Å². The molecular weight excluding hydrogens is 368 g/mol. The van der Waals surface area contributed by atoms with Crippen molar-refractivity contribution in [2.45, 2.75) is 26.4 Å². The first-order valence-electron chi connectivity index (χ1n) is 8.44. The molecule has 3 aromatic rings. The maximum absolute atomic E-state index is 12.9. The van der Waals surface area contributed by atoms with E-state index in [1.165, 1.54) is 11.1 Å². The van der Waals surface area contributed by atoms with Crippen LogP contribution in [-0.2, 0) is 11.3 Å². The summed E-state index contributed by atoms with van der Waals surface area (Å²) in [6.07, 6.45) is 3.11. The Labute approximate surface area is 161 Å². The van der Waals surface area contributed by atoms with Crippen molar-refractivity contribution in [1.29, 1.82) is 0 Å². The SMILES string of the molecule is CC(C)n1ncc2cc(C(=O)N(CC(=O)O)Cc3ccc(Cl)cc3)cnc21. The fraction of sp³-hybridized carbons (Fsp3) is 0.263. The van der Waals surface area contributed by atoms with Crippen LogP contribution in [-0.4, -0.2) is 43.2 Å². The molecule has 8 heteroatoms. The molecule has 2 heterocycles. The van der Waals surface area contributed by atoms with E-state index < -0.39 is 18.4 Å². The van der Waals surface area contributed by atoms with Gasteiger partial charge in [-0.05, 0) is 37.6 Å². The molecule has 0 radical (unpaired) electrons. The van der Waals surface area contributed by atoms with E-state index in [0.717, 1.165) is 10.9 Å². The lowest BCUT2D eigenvalue weighted by Gasteiger charge is -2.21. The molecule has 0 saturated heterocycles. The van der Waals surface area contributed by atoms with Gasteiger partial charge in [0.15, 0.2) is 5.65 Å². The van der Waals surface area contributed by atoms with Gasteiger partial charge in [0.1, 0.15) is 6.54 Å². The molecule has 0 fully saturated rings. The molecule has 140 valence electrons. The van der Waals surface area contributed by atoms with Crippen LogP contribution in [0.4, 0.5) is 0 Å². The third kappa shape index (κ3) is 4.25. The van der Waals surface area contributed by atoms with Gasteiger partial charge in [0, 0.05) is 29.2 Å². The highest BCUT2D eigenvalue weighted by Gasteiger charge is 2.20. The molecule has 0 unspecified atom stereocenters. The van der Waals surface area contributed by atoms with Gasteiger partial charge in [-0.25, -0.2) is 9.67 Å². The maximum Gasteiger partial charge on any atom is 0.323 e. The van der Waals surface area contributed by atoms with Crippen LogP contribution in [0.5, 0.6) is 0 Å². The van der Waals surface area contributed by atoms with Gasteiger partial charge in [-0.15, -0.1) is 0 Å². The summed E-state index contributed by atoms with van der Waals surface area (Å²) >= 11 is 5.88. The predicted molar refractivity (Wildman–Crippen MR) is 102 cm³/mol. The monoisotopic (exact) mass is 386 g/mol. The van der Waals surface area contributed by atoms with Crippen molar-refractivity contribution in [3.8, 4) is 0 Å². The molecule has 0 aliphatic heterocycles. The van der Waals surface area contributed by atoms with Crippen molar-refractivity contribution in [2.75, 3.05) is 6.54 Å². The summed E-state index contributed by atoms with van der Waals surface area (Å²) in [5.74, 6) is -1.49. The average molecular weight is 387 g/mol. The number of carboxylic acids is 1. The number of nitrogens with zero attached hydrogens (tertiary/aromatic N) is 4. The first kappa shape index (κ1) is 18.8. The number of halogens is 1. The Hall–Kier alpha value is -2.93. The number of carbonyl (C=O) groups is 2. The van der Waals surface area contributed by atoms with Crippen LogP contribution in [0.3, 0.4) is 0 Å². The smallest absolute Gasteiger partial charge is 0.323 e. The molecule has 7 nitrogen and oxygen atoms in total. The number of hydrogen-bond donors (Lipinski definition) is 1. The molecule has 0 bridgehead atoms. The maximum atomic E-state index is 12.9. The normalized spacial score (nSPS) is 11.1. The molecule has 2 aromatic heterocycles. The van der Waals surface area contributed by atoms with Gasteiger partial charge in [0.25, 0.3) is 5.91 Å². The van der Waals surface area contributed by atoms with Crippen LogP contribution in [0.15, 0.2) is 42.7 Å². The van der Waals surface area contributed by atoms with Gasteiger partial charge in [0.2, 0.25) is 0 Å². The molecule has 3 rings (SSSR count). The van der Waals surface area contributed by atoms with E-state index in [4.69, 9.17) is 11.6 Å². The van der Waals surface area contributed by atoms with E-state index in [1.807, 2.05) is 13.8 Å². The van der Waals surface area contributed by atoms with Crippen molar-refractivity contribution < 1.29 is 14.7 Å². The molecule has 27 heavy (non-hydrogen) atoms. The number of aliphatic carboxylic acids is 1. The van der Waals surface area contributed by atoms with Crippen LogP contribution in [0.2, 0.25) is 5.02 Å². The number of amides is 1. The number of rotatable bonds is 6. The second kappa shape index (κ2) is 7.75. The zero-order chi connectivity index (χ0) is 19.6. The van der Waals surface area contributed by atoms with E-state index in [1.54, 1.807) is 41.2 Å². The van der Waals surface area contributed by atoms with Crippen LogP contribution in [0.25, 0.3) is 11.0 Å². The number of hydrogen-bond acceptors (Lipinski definition) is 4. The Bertz CT molecular complexity index is 982. The highest BCUT2D eigenvalue weighted by atomic mass is 35.5. The minimum absolute atomic E-state index is 0.143. The molecular formula is C19H19ClN4O3. The van der Waals surface area contributed by atoms with E-state index in [0.29, 0.717) is 16.2 Å². The van der Waals surface area contributed by atoms with Gasteiger partial charge in [-0.2, -0.15) is 5.10 Å². The first-order chi connectivity index (χ1) is 12.8. The standard InChI is InChI=1S/C19H19ClN4O3/c1-12(2)24-18-14(9-22-24)7-15(8-21-18)19(27)23(11-17(25)26)10-13-3-5-16(20)6-4-13/h3-9,12H,10-11H2,1-2H3,(H,25,26). The first-order valence-corrected chi connectivity index (χ1v) is 8.81. The lowest BCUT2D eigenvalue weighted by atomic mass is 10.1. The van der Waals surface area contributed by atoms with Gasteiger partial charge in [0.05, 0.1) is 11.8 Å². The van der Waals surface area contributed by atoms with Crippen LogP contribution >= 0.6 is 11.6 Å². The highest BCUT2D eigenvalue weighted by Crippen LogP contribution is 2.19.